The first-order chi connectivity index (χ1) is 9.86. The Labute approximate surface area is 118 Å². The second-order valence-corrected chi connectivity index (χ2v) is 5.13. The summed E-state index contributed by atoms with van der Waals surface area (Å²) in [6.45, 7) is 1.89. The number of fused-ring (bicyclic) bond motifs is 1. The van der Waals surface area contributed by atoms with E-state index in [9.17, 15) is 0 Å². The van der Waals surface area contributed by atoms with Gasteiger partial charge in [-0.15, -0.1) is 5.10 Å². The highest BCUT2D eigenvalue weighted by Gasteiger charge is 2.22. The molecular formula is C15H20N4O. The van der Waals surface area contributed by atoms with Gasteiger partial charge in [0.2, 0.25) is 0 Å². The lowest BCUT2D eigenvalue weighted by molar-refractivity contribution is 0.413. The summed E-state index contributed by atoms with van der Waals surface area (Å²) in [4.78, 5) is 0. The van der Waals surface area contributed by atoms with Gasteiger partial charge >= 0.3 is 0 Å². The highest BCUT2D eigenvalue weighted by atomic mass is 16.5. The van der Waals surface area contributed by atoms with Crippen molar-refractivity contribution in [1.29, 1.82) is 0 Å². The van der Waals surface area contributed by atoms with Gasteiger partial charge in [0.1, 0.15) is 5.75 Å². The molecule has 0 spiro atoms. The van der Waals surface area contributed by atoms with E-state index >= 15 is 0 Å². The van der Waals surface area contributed by atoms with Crippen LogP contribution in [-0.2, 0) is 13.0 Å². The molecule has 0 aliphatic heterocycles. The zero-order valence-corrected chi connectivity index (χ0v) is 11.7. The molecule has 20 heavy (non-hydrogen) atoms. The highest BCUT2D eigenvalue weighted by Crippen LogP contribution is 2.33. The number of benzene rings is 1. The minimum Gasteiger partial charge on any atom is -0.497 e. The van der Waals surface area contributed by atoms with Crippen LogP contribution in [-0.4, -0.2) is 28.6 Å². The van der Waals surface area contributed by atoms with Crippen molar-refractivity contribution in [3.63, 3.8) is 0 Å². The molecule has 1 atom stereocenters. The Balaban J connectivity index is 1.52. The van der Waals surface area contributed by atoms with Crippen LogP contribution in [0.4, 0.5) is 0 Å². The van der Waals surface area contributed by atoms with Gasteiger partial charge in [-0.05, 0) is 49.1 Å². The lowest BCUT2D eigenvalue weighted by Gasteiger charge is -2.14. The largest absolute Gasteiger partial charge is 0.497 e. The van der Waals surface area contributed by atoms with Gasteiger partial charge in [0.25, 0.3) is 0 Å². The second-order valence-electron chi connectivity index (χ2n) is 5.13. The summed E-state index contributed by atoms with van der Waals surface area (Å²) >= 11 is 0. The van der Waals surface area contributed by atoms with E-state index in [1.807, 2.05) is 16.9 Å². The van der Waals surface area contributed by atoms with E-state index in [0.29, 0.717) is 6.04 Å². The molecule has 2 aromatic rings. The normalized spacial score (nSPS) is 17.1. The molecule has 0 bridgehead atoms. The number of rotatable bonds is 6. The van der Waals surface area contributed by atoms with Gasteiger partial charge < -0.3 is 10.1 Å². The first-order valence-corrected chi connectivity index (χ1v) is 7.11. The number of aryl methyl sites for hydroxylation is 2. The van der Waals surface area contributed by atoms with Crippen molar-refractivity contribution in [3.8, 4) is 5.75 Å². The summed E-state index contributed by atoms with van der Waals surface area (Å²) in [5, 5.41) is 11.4. The van der Waals surface area contributed by atoms with Gasteiger partial charge in [0.05, 0.1) is 13.3 Å². The van der Waals surface area contributed by atoms with Crippen LogP contribution in [0.3, 0.4) is 0 Å². The number of hydrogen-bond acceptors (Lipinski definition) is 4. The van der Waals surface area contributed by atoms with Crippen LogP contribution in [0.2, 0.25) is 0 Å². The van der Waals surface area contributed by atoms with Gasteiger partial charge in [0.15, 0.2) is 0 Å². The first-order valence-electron chi connectivity index (χ1n) is 7.11. The maximum atomic E-state index is 5.32. The summed E-state index contributed by atoms with van der Waals surface area (Å²) < 4.78 is 7.18. The van der Waals surface area contributed by atoms with E-state index < -0.39 is 0 Å². The van der Waals surface area contributed by atoms with Gasteiger partial charge in [-0.25, -0.2) is 0 Å². The fourth-order valence-electron chi connectivity index (χ4n) is 2.79. The quantitative estimate of drug-likeness (QED) is 0.817. The molecule has 1 N–H and O–H groups in total. The molecule has 1 aromatic carbocycles. The van der Waals surface area contributed by atoms with Crippen LogP contribution in [0.5, 0.6) is 5.75 Å². The van der Waals surface area contributed by atoms with Gasteiger partial charge in [-0.3, -0.25) is 4.68 Å². The number of methoxy groups -OCH3 is 1. The van der Waals surface area contributed by atoms with Crippen molar-refractivity contribution in [2.24, 2.45) is 0 Å². The summed E-state index contributed by atoms with van der Waals surface area (Å²) in [7, 11) is 1.72. The SMILES string of the molecule is COc1ccc2c(c1)C(NCCCn1ccnn1)CC2. The number of hydrogen-bond donors (Lipinski definition) is 1. The fourth-order valence-corrected chi connectivity index (χ4v) is 2.79. The third-order valence-electron chi connectivity index (χ3n) is 3.86. The minimum atomic E-state index is 0.454. The average molecular weight is 272 g/mol. The van der Waals surface area contributed by atoms with E-state index in [-0.39, 0.29) is 0 Å². The molecule has 0 fully saturated rings. The number of ether oxygens (including phenoxy) is 1. The van der Waals surface area contributed by atoms with Gasteiger partial charge in [0, 0.05) is 18.8 Å². The molecule has 1 aliphatic carbocycles. The van der Waals surface area contributed by atoms with Crippen LogP contribution in [0, 0.1) is 0 Å². The van der Waals surface area contributed by atoms with Crippen molar-refractivity contribution >= 4 is 0 Å². The average Bonchev–Trinajstić information content (AvgIpc) is 3.13. The Kier molecular flexibility index (Phi) is 3.97. The molecule has 0 saturated carbocycles. The zero-order valence-electron chi connectivity index (χ0n) is 11.7. The third-order valence-corrected chi connectivity index (χ3v) is 3.86. The molecule has 1 heterocycles. The minimum absolute atomic E-state index is 0.454. The van der Waals surface area contributed by atoms with Gasteiger partial charge in [-0.2, -0.15) is 0 Å². The first kappa shape index (κ1) is 13.1. The summed E-state index contributed by atoms with van der Waals surface area (Å²) in [5.74, 6) is 0.945. The topological polar surface area (TPSA) is 52.0 Å². The number of nitrogens with one attached hydrogen (secondary N) is 1. The number of aromatic nitrogens is 3. The van der Waals surface area contributed by atoms with E-state index in [1.165, 1.54) is 17.5 Å². The van der Waals surface area contributed by atoms with Crippen molar-refractivity contribution < 1.29 is 4.74 Å². The smallest absolute Gasteiger partial charge is 0.119 e. The van der Waals surface area contributed by atoms with Crippen molar-refractivity contribution in [2.75, 3.05) is 13.7 Å². The Morgan fingerprint density at radius 3 is 3.20 bits per heavy atom. The molecule has 0 amide bonds. The monoisotopic (exact) mass is 272 g/mol. The zero-order chi connectivity index (χ0) is 13.8. The second kappa shape index (κ2) is 6.05. The molecule has 1 unspecified atom stereocenters. The lowest BCUT2D eigenvalue weighted by Crippen LogP contribution is -2.21. The molecule has 3 rings (SSSR count). The molecule has 5 nitrogen and oxygen atoms in total. The summed E-state index contributed by atoms with van der Waals surface area (Å²) in [6.07, 6.45) is 6.99. The molecule has 1 aliphatic rings. The fraction of sp³-hybridized carbons (Fsp3) is 0.467. The van der Waals surface area contributed by atoms with Crippen LogP contribution in [0.15, 0.2) is 30.6 Å². The van der Waals surface area contributed by atoms with Crippen LogP contribution in [0.1, 0.15) is 30.0 Å². The molecular weight excluding hydrogens is 252 g/mol. The predicted molar refractivity (Wildman–Crippen MR) is 76.7 cm³/mol. The molecule has 106 valence electrons. The third kappa shape index (κ3) is 2.82. The van der Waals surface area contributed by atoms with E-state index in [1.54, 1.807) is 13.3 Å². The van der Waals surface area contributed by atoms with Gasteiger partial charge in [-0.1, -0.05) is 11.3 Å². The van der Waals surface area contributed by atoms with Crippen LogP contribution < -0.4 is 10.1 Å². The standard InChI is InChI=1S/C15H20N4O/c1-20-13-5-3-12-4-6-15(14(12)11-13)16-7-2-9-19-10-8-17-18-19/h3,5,8,10-11,15-16H,2,4,6-7,9H2,1H3. The number of nitrogens with zero attached hydrogens (tertiary/aromatic N) is 3. The summed E-state index contributed by atoms with van der Waals surface area (Å²) in [5.41, 5.74) is 2.84. The Bertz CT molecular complexity index is 553. The lowest BCUT2D eigenvalue weighted by atomic mass is 10.1. The Hall–Kier alpha value is -1.88. The van der Waals surface area contributed by atoms with Crippen molar-refractivity contribution in [1.82, 2.24) is 20.3 Å². The molecule has 0 radical (unpaired) electrons. The maximum absolute atomic E-state index is 5.32. The molecule has 5 heteroatoms. The van der Waals surface area contributed by atoms with Crippen LogP contribution >= 0.6 is 0 Å². The van der Waals surface area contributed by atoms with E-state index in [4.69, 9.17) is 4.74 Å². The Morgan fingerprint density at radius 2 is 2.40 bits per heavy atom. The highest BCUT2D eigenvalue weighted by molar-refractivity contribution is 5.40. The maximum Gasteiger partial charge on any atom is 0.119 e. The Morgan fingerprint density at radius 1 is 1.45 bits per heavy atom. The van der Waals surface area contributed by atoms with Crippen LogP contribution in [0.25, 0.3) is 0 Å². The van der Waals surface area contributed by atoms with Crippen molar-refractivity contribution in [2.45, 2.75) is 31.8 Å². The van der Waals surface area contributed by atoms with E-state index in [0.717, 1.165) is 31.7 Å². The molecule has 0 saturated heterocycles. The van der Waals surface area contributed by atoms with E-state index in [2.05, 4.69) is 27.8 Å². The van der Waals surface area contributed by atoms with Crippen molar-refractivity contribution in [3.05, 3.63) is 41.7 Å². The molecule has 1 aromatic heterocycles. The summed E-state index contributed by atoms with van der Waals surface area (Å²) in [6, 6.07) is 6.85. The predicted octanol–water partition coefficient (Wildman–Crippen LogP) is 1.95.